The molecule has 1 aromatic rings. The van der Waals surface area contributed by atoms with Crippen molar-refractivity contribution in [2.24, 2.45) is 5.10 Å². The third-order valence-corrected chi connectivity index (χ3v) is 4.08. The van der Waals surface area contributed by atoms with Crippen molar-refractivity contribution in [3.63, 3.8) is 0 Å². The highest BCUT2D eigenvalue weighted by Crippen LogP contribution is 2.17. The number of nitrogens with one attached hydrogen (secondary N) is 3. The van der Waals surface area contributed by atoms with Crippen molar-refractivity contribution in [3.05, 3.63) is 29.8 Å². The number of rotatable bonds is 5. The fourth-order valence-electron chi connectivity index (χ4n) is 2.71. The lowest BCUT2D eigenvalue weighted by Gasteiger charge is -2.11. The molecule has 3 amide bonds. The second-order valence-corrected chi connectivity index (χ2v) is 6.28. The summed E-state index contributed by atoms with van der Waals surface area (Å²) in [5.41, 5.74) is 4.04. The molecular weight excluding hydrogens is 320 g/mol. The molecule has 0 saturated heterocycles. The fraction of sp³-hybridized carbons (Fsp3) is 0.444. The molecule has 1 saturated carbocycles. The smallest absolute Gasteiger partial charge is 0.329 e. The van der Waals surface area contributed by atoms with Crippen LogP contribution in [0.4, 0.5) is 5.69 Å². The molecule has 0 spiro atoms. The van der Waals surface area contributed by atoms with E-state index in [0.717, 1.165) is 31.2 Å². The zero-order valence-electron chi connectivity index (χ0n) is 14.6. The van der Waals surface area contributed by atoms with E-state index < -0.39 is 11.8 Å². The summed E-state index contributed by atoms with van der Waals surface area (Å²) in [5.74, 6) is -1.80. The molecule has 0 radical (unpaired) electrons. The summed E-state index contributed by atoms with van der Waals surface area (Å²) in [5, 5.41) is 9.29. The number of carbonyl (C=O) groups excluding carboxylic acids is 3. The van der Waals surface area contributed by atoms with E-state index in [1.807, 2.05) is 19.1 Å². The number of hydrogen-bond acceptors (Lipinski definition) is 4. The van der Waals surface area contributed by atoms with Gasteiger partial charge in [-0.2, -0.15) is 5.10 Å². The second-order valence-electron chi connectivity index (χ2n) is 6.28. The molecular formula is C18H24N4O3. The number of aryl methyl sites for hydroxylation is 1. The van der Waals surface area contributed by atoms with Gasteiger partial charge in [0.05, 0.1) is 6.42 Å². The molecule has 0 atom stereocenters. The Morgan fingerprint density at radius 3 is 2.48 bits per heavy atom. The van der Waals surface area contributed by atoms with Crippen molar-refractivity contribution in [3.8, 4) is 0 Å². The van der Waals surface area contributed by atoms with Gasteiger partial charge in [-0.25, -0.2) is 5.43 Å². The Morgan fingerprint density at radius 1 is 1.12 bits per heavy atom. The molecule has 1 fully saturated rings. The van der Waals surface area contributed by atoms with Gasteiger partial charge in [0.15, 0.2) is 0 Å². The molecule has 3 N–H and O–H groups in total. The molecule has 25 heavy (non-hydrogen) atoms. The monoisotopic (exact) mass is 344 g/mol. The minimum Gasteiger partial charge on any atom is -0.353 e. The van der Waals surface area contributed by atoms with Crippen LogP contribution in [-0.2, 0) is 14.4 Å². The van der Waals surface area contributed by atoms with Gasteiger partial charge in [-0.3, -0.25) is 14.4 Å². The first kappa shape index (κ1) is 18.6. The van der Waals surface area contributed by atoms with Crippen LogP contribution in [0, 0.1) is 6.92 Å². The molecule has 0 bridgehead atoms. The quantitative estimate of drug-likeness (QED) is 0.432. The van der Waals surface area contributed by atoms with Crippen molar-refractivity contribution >= 4 is 29.1 Å². The molecule has 134 valence electrons. The number of benzene rings is 1. The van der Waals surface area contributed by atoms with Crippen LogP contribution in [0.25, 0.3) is 0 Å². The van der Waals surface area contributed by atoms with Crippen LogP contribution < -0.4 is 16.1 Å². The number of para-hydroxylation sites is 1. The van der Waals surface area contributed by atoms with Gasteiger partial charge in [0, 0.05) is 17.4 Å². The Balaban J connectivity index is 1.78. The van der Waals surface area contributed by atoms with Gasteiger partial charge in [0.25, 0.3) is 0 Å². The molecule has 7 heteroatoms. The maximum absolute atomic E-state index is 11.9. The number of nitrogens with zero attached hydrogens (tertiary/aromatic N) is 1. The summed E-state index contributed by atoms with van der Waals surface area (Å²) in [6.45, 7) is 3.46. The van der Waals surface area contributed by atoms with Gasteiger partial charge in [-0.05, 0) is 38.3 Å². The summed E-state index contributed by atoms with van der Waals surface area (Å²) in [6.07, 6.45) is 4.40. The van der Waals surface area contributed by atoms with Crippen LogP contribution in [0.5, 0.6) is 0 Å². The molecule has 1 aliphatic rings. The highest BCUT2D eigenvalue weighted by Gasteiger charge is 2.18. The SMILES string of the molecule is C/C(CC(=O)NC1CCCC1)=N/NC(=O)C(=O)Nc1ccccc1C. The highest BCUT2D eigenvalue weighted by atomic mass is 16.2. The van der Waals surface area contributed by atoms with Gasteiger partial charge in [0.1, 0.15) is 0 Å². The van der Waals surface area contributed by atoms with Crippen molar-refractivity contribution < 1.29 is 14.4 Å². The average molecular weight is 344 g/mol. The maximum Gasteiger partial charge on any atom is 0.329 e. The predicted octanol–water partition coefficient (Wildman–Crippen LogP) is 1.87. The normalized spacial score (nSPS) is 14.9. The molecule has 2 rings (SSSR count). The van der Waals surface area contributed by atoms with Gasteiger partial charge in [-0.1, -0.05) is 31.0 Å². The Hall–Kier alpha value is -2.70. The summed E-state index contributed by atoms with van der Waals surface area (Å²) >= 11 is 0. The second kappa shape index (κ2) is 8.96. The summed E-state index contributed by atoms with van der Waals surface area (Å²) in [6, 6.07) is 7.40. The van der Waals surface area contributed by atoms with E-state index in [1.54, 1.807) is 19.1 Å². The molecule has 0 aliphatic heterocycles. The zero-order chi connectivity index (χ0) is 18.2. The summed E-state index contributed by atoms with van der Waals surface area (Å²) < 4.78 is 0. The minimum absolute atomic E-state index is 0.0934. The van der Waals surface area contributed by atoms with Gasteiger partial charge in [-0.15, -0.1) is 0 Å². The molecule has 0 heterocycles. The van der Waals surface area contributed by atoms with Crippen LogP contribution in [0.15, 0.2) is 29.4 Å². The number of hydrogen-bond donors (Lipinski definition) is 3. The van der Waals surface area contributed by atoms with Crippen molar-refractivity contribution in [2.75, 3.05) is 5.32 Å². The van der Waals surface area contributed by atoms with E-state index in [2.05, 4.69) is 21.2 Å². The molecule has 1 aromatic carbocycles. The summed E-state index contributed by atoms with van der Waals surface area (Å²) in [7, 11) is 0. The van der Waals surface area contributed by atoms with Gasteiger partial charge in [0.2, 0.25) is 5.91 Å². The average Bonchev–Trinajstić information content (AvgIpc) is 3.07. The van der Waals surface area contributed by atoms with E-state index >= 15 is 0 Å². The van der Waals surface area contributed by atoms with Crippen molar-refractivity contribution in [2.45, 2.75) is 52.0 Å². The fourth-order valence-corrected chi connectivity index (χ4v) is 2.71. The Morgan fingerprint density at radius 2 is 1.80 bits per heavy atom. The first-order valence-electron chi connectivity index (χ1n) is 8.45. The standard InChI is InChI=1S/C18H24N4O3/c1-12-7-3-6-10-15(12)20-17(24)18(25)22-21-13(2)11-16(23)19-14-8-4-5-9-14/h3,6-7,10,14H,4-5,8-9,11H2,1-2H3,(H,19,23)(H,20,24)(H,22,25)/b21-13-. The van der Waals surface area contributed by atoms with Crippen LogP contribution in [0.1, 0.15) is 44.6 Å². The van der Waals surface area contributed by atoms with E-state index in [1.165, 1.54) is 0 Å². The predicted molar refractivity (Wildman–Crippen MR) is 96.1 cm³/mol. The summed E-state index contributed by atoms with van der Waals surface area (Å²) in [4.78, 5) is 35.5. The van der Waals surface area contributed by atoms with Crippen LogP contribution in [-0.4, -0.2) is 29.5 Å². The zero-order valence-corrected chi connectivity index (χ0v) is 14.6. The van der Waals surface area contributed by atoms with Crippen LogP contribution in [0.3, 0.4) is 0 Å². The Bertz CT molecular complexity index is 679. The van der Waals surface area contributed by atoms with E-state index in [0.29, 0.717) is 11.4 Å². The minimum atomic E-state index is -0.876. The van der Waals surface area contributed by atoms with Crippen molar-refractivity contribution in [1.29, 1.82) is 0 Å². The molecule has 1 aliphatic carbocycles. The largest absolute Gasteiger partial charge is 0.353 e. The van der Waals surface area contributed by atoms with Crippen LogP contribution in [0.2, 0.25) is 0 Å². The highest BCUT2D eigenvalue weighted by molar-refractivity contribution is 6.39. The topological polar surface area (TPSA) is 99.7 Å². The molecule has 0 aromatic heterocycles. The first-order valence-corrected chi connectivity index (χ1v) is 8.45. The number of carbonyl (C=O) groups is 3. The van der Waals surface area contributed by atoms with Gasteiger partial charge < -0.3 is 10.6 Å². The molecule has 7 nitrogen and oxygen atoms in total. The maximum atomic E-state index is 11.9. The van der Waals surface area contributed by atoms with E-state index in [-0.39, 0.29) is 18.4 Å². The third kappa shape index (κ3) is 6.02. The Labute approximate surface area is 147 Å². The number of anilines is 1. The van der Waals surface area contributed by atoms with E-state index in [4.69, 9.17) is 0 Å². The van der Waals surface area contributed by atoms with Gasteiger partial charge >= 0.3 is 11.8 Å². The van der Waals surface area contributed by atoms with Crippen LogP contribution >= 0.6 is 0 Å². The number of amides is 3. The van der Waals surface area contributed by atoms with Crippen molar-refractivity contribution in [1.82, 2.24) is 10.7 Å². The first-order chi connectivity index (χ1) is 12.0. The lowest BCUT2D eigenvalue weighted by Crippen LogP contribution is -2.35. The Kier molecular flexibility index (Phi) is 6.68. The lowest BCUT2D eigenvalue weighted by molar-refractivity contribution is -0.136. The third-order valence-electron chi connectivity index (χ3n) is 4.08. The molecule has 0 unspecified atom stereocenters. The van der Waals surface area contributed by atoms with E-state index in [9.17, 15) is 14.4 Å². The number of hydrazone groups is 1. The lowest BCUT2D eigenvalue weighted by atomic mass is 10.2.